The first-order valence-corrected chi connectivity index (χ1v) is 6.94. The predicted molar refractivity (Wildman–Crippen MR) is 76.1 cm³/mol. The van der Waals surface area contributed by atoms with E-state index in [2.05, 4.69) is 50.0 Å². The van der Waals surface area contributed by atoms with Crippen LogP contribution in [-0.4, -0.2) is 0 Å². The average molecular weight is 228 g/mol. The molecule has 0 N–H and O–H groups in total. The molecule has 0 unspecified atom stereocenters. The molecule has 92 valence electrons. The summed E-state index contributed by atoms with van der Waals surface area (Å²) in [6.07, 6.45) is 8.77. The molecule has 1 aromatic carbocycles. The van der Waals surface area contributed by atoms with Gasteiger partial charge in [0.1, 0.15) is 0 Å². The smallest absolute Gasteiger partial charge is 0.0245 e. The molecule has 0 bridgehead atoms. The van der Waals surface area contributed by atoms with Crippen LogP contribution in [-0.2, 0) is 6.42 Å². The molecule has 0 fully saturated rings. The predicted octanol–water partition coefficient (Wildman–Crippen LogP) is 4.96. The van der Waals surface area contributed by atoms with Crippen molar-refractivity contribution in [2.45, 2.75) is 58.8 Å². The van der Waals surface area contributed by atoms with Gasteiger partial charge in [0.05, 0.1) is 0 Å². The van der Waals surface area contributed by atoms with Gasteiger partial charge in [0.15, 0.2) is 0 Å². The topological polar surface area (TPSA) is 0 Å². The van der Waals surface area contributed by atoms with Crippen molar-refractivity contribution in [3.05, 3.63) is 35.4 Å². The van der Waals surface area contributed by atoms with Crippen molar-refractivity contribution < 1.29 is 0 Å². The highest BCUT2D eigenvalue weighted by Gasteiger charge is 1.89. The van der Waals surface area contributed by atoms with E-state index in [1.807, 2.05) is 0 Å². The average Bonchev–Trinajstić information content (AvgIpc) is 2.38. The van der Waals surface area contributed by atoms with Crippen LogP contribution in [0.15, 0.2) is 24.3 Å². The molecule has 0 spiro atoms. The van der Waals surface area contributed by atoms with Gasteiger partial charge in [-0.15, -0.1) is 0 Å². The van der Waals surface area contributed by atoms with E-state index in [1.165, 1.54) is 37.7 Å². The minimum Gasteiger partial charge on any atom is -0.0979 e. The van der Waals surface area contributed by atoms with Crippen LogP contribution < -0.4 is 0 Å². The van der Waals surface area contributed by atoms with Crippen molar-refractivity contribution in [3.8, 4) is 11.8 Å². The molecular formula is C17H24. The summed E-state index contributed by atoms with van der Waals surface area (Å²) >= 11 is 0. The van der Waals surface area contributed by atoms with Gasteiger partial charge in [0.2, 0.25) is 0 Å². The molecule has 0 nitrogen and oxygen atoms in total. The van der Waals surface area contributed by atoms with Crippen LogP contribution in [0.25, 0.3) is 0 Å². The van der Waals surface area contributed by atoms with Gasteiger partial charge in [-0.1, -0.05) is 63.5 Å². The van der Waals surface area contributed by atoms with E-state index in [0.29, 0.717) is 0 Å². The van der Waals surface area contributed by atoms with E-state index in [-0.39, 0.29) is 0 Å². The Balaban J connectivity index is 2.24. The highest BCUT2D eigenvalue weighted by Crippen LogP contribution is 2.05. The van der Waals surface area contributed by atoms with Gasteiger partial charge in [0, 0.05) is 12.0 Å². The van der Waals surface area contributed by atoms with E-state index in [1.54, 1.807) is 0 Å². The zero-order valence-electron chi connectivity index (χ0n) is 11.3. The molecule has 0 aliphatic rings. The van der Waals surface area contributed by atoms with E-state index >= 15 is 0 Å². The summed E-state index contributed by atoms with van der Waals surface area (Å²) in [7, 11) is 0. The van der Waals surface area contributed by atoms with Gasteiger partial charge >= 0.3 is 0 Å². The monoisotopic (exact) mass is 228 g/mol. The summed E-state index contributed by atoms with van der Waals surface area (Å²) in [5, 5.41) is 0. The Morgan fingerprint density at radius 1 is 0.882 bits per heavy atom. The van der Waals surface area contributed by atoms with Crippen molar-refractivity contribution in [3.63, 3.8) is 0 Å². The van der Waals surface area contributed by atoms with Gasteiger partial charge in [0.25, 0.3) is 0 Å². The molecule has 17 heavy (non-hydrogen) atoms. The van der Waals surface area contributed by atoms with E-state index in [4.69, 9.17) is 0 Å². The summed E-state index contributed by atoms with van der Waals surface area (Å²) in [5.74, 6) is 6.50. The number of hydrogen-bond acceptors (Lipinski definition) is 0. The van der Waals surface area contributed by atoms with Gasteiger partial charge in [-0.25, -0.2) is 0 Å². The van der Waals surface area contributed by atoms with Gasteiger partial charge in [-0.2, -0.15) is 0 Å². The first-order valence-electron chi connectivity index (χ1n) is 6.94. The minimum absolute atomic E-state index is 1.04. The molecule has 0 atom stereocenters. The Labute approximate surface area is 106 Å². The van der Waals surface area contributed by atoms with Crippen LogP contribution >= 0.6 is 0 Å². The third kappa shape index (κ3) is 6.17. The van der Waals surface area contributed by atoms with Crippen LogP contribution in [0.2, 0.25) is 0 Å². The number of rotatable bonds is 6. The molecule has 0 amide bonds. The Bertz CT molecular complexity index is 348. The first kappa shape index (κ1) is 13.8. The molecule has 0 radical (unpaired) electrons. The largest absolute Gasteiger partial charge is 0.0979 e. The Morgan fingerprint density at radius 2 is 1.59 bits per heavy atom. The fourth-order valence-electron chi connectivity index (χ4n) is 1.81. The molecule has 0 aromatic heterocycles. The van der Waals surface area contributed by atoms with Crippen molar-refractivity contribution in [2.24, 2.45) is 0 Å². The zero-order chi connectivity index (χ0) is 12.3. The summed E-state index contributed by atoms with van der Waals surface area (Å²) in [6.45, 7) is 4.43. The van der Waals surface area contributed by atoms with Crippen LogP contribution in [0.5, 0.6) is 0 Å². The fourth-order valence-corrected chi connectivity index (χ4v) is 1.81. The highest BCUT2D eigenvalue weighted by molar-refractivity contribution is 5.36. The van der Waals surface area contributed by atoms with Crippen molar-refractivity contribution >= 4 is 0 Å². The van der Waals surface area contributed by atoms with Crippen LogP contribution in [0.4, 0.5) is 0 Å². The van der Waals surface area contributed by atoms with E-state index in [9.17, 15) is 0 Å². The standard InChI is InChI=1S/C17H24/c1-3-5-6-7-8-9-10-11-17-14-12-16(4-2)13-15-17/h12-15H,3-9H2,1-2H3. The highest BCUT2D eigenvalue weighted by atomic mass is 13.9. The van der Waals surface area contributed by atoms with Crippen molar-refractivity contribution in [1.82, 2.24) is 0 Å². The molecule has 0 aliphatic carbocycles. The summed E-state index contributed by atoms with van der Waals surface area (Å²) < 4.78 is 0. The number of unbranched alkanes of at least 4 members (excludes halogenated alkanes) is 5. The van der Waals surface area contributed by atoms with Crippen molar-refractivity contribution in [2.75, 3.05) is 0 Å². The summed E-state index contributed by atoms with van der Waals surface area (Å²) in [5.41, 5.74) is 2.53. The maximum Gasteiger partial charge on any atom is 0.0245 e. The third-order valence-electron chi connectivity index (χ3n) is 3.00. The van der Waals surface area contributed by atoms with Gasteiger partial charge in [-0.05, 0) is 30.5 Å². The normalized spacial score (nSPS) is 9.76. The lowest BCUT2D eigenvalue weighted by molar-refractivity contribution is 0.641. The number of benzene rings is 1. The maximum atomic E-state index is 3.27. The molecule has 0 heterocycles. The molecule has 0 saturated carbocycles. The first-order chi connectivity index (χ1) is 8.36. The minimum atomic E-state index is 1.04. The second-order valence-corrected chi connectivity index (χ2v) is 4.52. The quantitative estimate of drug-likeness (QED) is 0.477. The van der Waals surface area contributed by atoms with Crippen LogP contribution in [0, 0.1) is 11.8 Å². The van der Waals surface area contributed by atoms with Gasteiger partial charge < -0.3 is 0 Å². The Kier molecular flexibility index (Phi) is 7.23. The molecular weight excluding hydrogens is 204 g/mol. The molecule has 1 aromatic rings. The Hall–Kier alpha value is -1.22. The van der Waals surface area contributed by atoms with E-state index in [0.717, 1.165) is 18.4 Å². The maximum absolute atomic E-state index is 3.27. The fraction of sp³-hybridized carbons (Fsp3) is 0.529. The van der Waals surface area contributed by atoms with Gasteiger partial charge in [-0.3, -0.25) is 0 Å². The lowest BCUT2D eigenvalue weighted by atomic mass is 10.1. The van der Waals surface area contributed by atoms with Crippen molar-refractivity contribution in [1.29, 1.82) is 0 Å². The lowest BCUT2D eigenvalue weighted by Crippen LogP contribution is -1.80. The third-order valence-corrected chi connectivity index (χ3v) is 3.00. The number of aryl methyl sites for hydroxylation is 1. The molecule has 0 saturated heterocycles. The summed E-state index contributed by atoms with van der Waals surface area (Å²) in [4.78, 5) is 0. The lowest BCUT2D eigenvalue weighted by Gasteiger charge is -1.96. The Morgan fingerprint density at radius 3 is 2.24 bits per heavy atom. The SMILES string of the molecule is CCCCCCCC#Cc1ccc(CC)cc1. The zero-order valence-corrected chi connectivity index (χ0v) is 11.3. The second kappa shape index (κ2) is 8.88. The second-order valence-electron chi connectivity index (χ2n) is 4.52. The van der Waals surface area contributed by atoms with Crippen LogP contribution in [0.3, 0.4) is 0 Å². The van der Waals surface area contributed by atoms with Crippen LogP contribution in [0.1, 0.15) is 63.5 Å². The number of hydrogen-bond donors (Lipinski definition) is 0. The molecule has 1 rings (SSSR count). The summed E-state index contributed by atoms with van der Waals surface area (Å²) in [6, 6.07) is 8.60. The van der Waals surface area contributed by atoms with E-state index < -0.39 is 0 Å². The molecule has 0 aliphatic heterocycles. The molecule has 0 heteroatoms.